The number of rotatable bonds is 9. The fourth-order valence-electron chi connectivity index (χ4n) is 3.43. The van der Waals surface area contributed by atoms with Gasteiger partial charge in [-0.25, -0.2) is 0 Å². The molecule has 0 aromatic heterocycles. The standard InChI is InChI=1S/C25H34N2O3/c1-7-23(25(29)26-17(2)3)27(15-21-10-8-18(4)9-11-21)24(28)16-30-22-13-19(5)12-20(6)14-22/h8-14,17,23H,7,15-16H2,1-6H3,(H,26,29)/t23-/m0/s1. The zero-order valence-corrected chi connectivity index (χ0v) is 19.0. The molecule has 5 heteroatoms. The van der Waals surface area contributed by atoms with E-state index in [2.05, 4.69) is 11.4 Å². The predicted molar refractivity (Wildman–Crippen MR) is 120 cm³/mol. The monoisotopic (exact) mass is 410 g/mol. The molecule has 0 fully saturated rings. The molecule has 2 aromatic rings. The highest BCUT2D eigenvalue weighted by molar-refractivity contribution is 5.88. The molecule has 0 saturated carbocycles. The SMILES string of the molecule is CC[C@@H](C(=O)NC(C)C)N(Cc1ccc(C)cc1)C(=O)COc1cc(C)cc(C)c1. The highest BCUT2D eigenvalue weighted by Gasteiger charge is 2.29. The molecule has 30 heavy (non-hydrogen) atoms. The lowest BCUT2D eigenvalue weighted by Crippen LogP contribution is -2.51. The van der Waals surface area contributed by atoms with Crippen molar-refractivity contribution >= 4 is 11.8 Å². The van der Waals surface area contributed by atoms with E-state index < -0.39 is 6.04 Å². The minimum atomic E-state index is -0.552. The molecule has 0 unspecified atom stereocenters. The van der Waals surface area contributed by atoms with Gasteiger partial charge >= 0.3 is 0 Å². The lowest BCUT2D eigenvalue weighted by molar-refractivity contribution is -0.143. The second-order valence-corrected chi connectivity index (χ2v) is 8.21. The van der Waals surface area contributed by atoms with Crippen LogP contribution in [-0.2, 0) is 16.1 Å². The molecular weight excluding hydrogens is 376 g/mol. The first kappa shape index (κ1) is 23.5. The van der Waals surface area contributed by atoms with E-state index in [0.29, 0.717) is 18.7 Å². The number of nitrogens with one attached hydrogen (secondary N) is 1. The van der Waals surface area contributed by atoms with E-state index in [0.717, 1.165) is 22.3 Å². The van der Waals surface area contributed by atoms with Crippen LogP contribution in [0.1, 0.15) is 49.4 Å². The quantitative estimate of drug-likeness (QED) is 0.670. The molecule has 0 radical (unpaired) electrons. The summed E-state index contributed by atoms with van der Waals surface area (Å²) >= 11 is 0. The molecule has 0 heterocycles. The third kappa shape index (κ3) is 6.90. The van der Waals surface area contributed by atoms with E-state index in [1.54, 1.807) is 4.90 Å². The number of carbonyl (C=O) groups is 2. The second-order valence-electron chi connectivity index (χ2n) is 8.21. The lowest BCUT2D eigenvalue weighted by atomic mass is 10.1. The molecular formula is C25H34N2O3. The maximum Gasteiger partial charge on any atom is 0.261 e. The summed E-state index contributed by atoms with van der Waals surface area (Å²) in [5.74, 6) is 0.315. The normalized spacial score (nSPS) is 11.8. The Morgan fingerprint density at radius 2 is 1.57 bits per heavy atom. The van der Waals surface area contributed by atoms with Crippen molar-refractivity contribution in [2.75, 3.05) is 6.61 Å². The van der Waals surface area contributed by atoms with Crippen molar-refractivity contribution in [2.45, 2.75) is 66.6 Å². The first-order chi connectivity index (χ1) is 14.2. The molecule has 0 aliphatic rings. The van der Waals surface area contributed by atoms with Gasteiger partial charge in [0.05, 0.1) is 0 Å². The molecule has 0 saturated heterocycles. The molecule has 2 aromatic carbocycles. The Hall–Kier alpha value is -2.82. The van der Waals surface area contributed by atoms with Crippen LogP contribution in [0.25, 0.3) is 0 Å². The Morgan fingerprint density at radius 1 is 0.967 bits per heavy atom. The Balaban J connectivity index is 2.22. The van der Waals surface area contributed by atoms with Gasteiger partial charge in [-0.1, -0.05) is 42.8 Å². The molecule has 2 amide bonds. The molecule has 1 atom stereocenters. The van der Waals surface area contributed by atoms with Gasteiger partial charge in [-0.2, -0.15) is 0 Å². The van der Waals surface area contributed by atoms with Crippen LogP contribution < -0.4 is 10.1 Å². The van der Waals surface area contributed by atoms with Gasteiger partial charge in [0.2, 0.25) is 5.91 Å². The largest absolute Gasteiger partial charge is 0.484 e. The van der Waals surface area contributed by atoms with Crippen LogP contribution in [0.4, 0.5) is 0 Å². The molecule has 0 spiro atoms. The van der Waals surface area contributed by atoms with Crippen molar-refractivity contribution in [2.24, 2.45) is 0 Å². The summed E-state index contributed by atoms with van der Waals surface area (Å²) in [4.78, 5) is 27.6. The van der Waals surface area contributed by atoms with Crippen molar-refractivity contribution in [3.63, 3.8) is 0 Å². The molecule has 0 bridgehead atoms. The van der Waals surface area contributed by atoms with Crippen LogP contribution in [0.3, 0.4) is 0 Å². The van der Waals surface area contributed by atoms with Crippen LogP contribution in [0, 0.1) is 20.8 Å². The highest BCUT2D eigenvalue weighted by Crippen LogP contribution is 2.18. The summed E-state index contributed by atoms with van der Waals surface area (Å²) in [5, 5.41) is 2.94. The van der Waals surface area contributed by atoms with Gasteiger partial charge in [0.1, 0.15) is 11.8 Å². The van der Waals surface area contributed by atoms with Gasteiger partial charge < -0.3 is 15.0 Å². The Kier molecular flexibility index (Phi) is 8.46. The third-order valence-electron chi connectivity index (χ3n) is 4.85. The van der Waals surface area contributed by atoms with E-state index in [-0.39, 0.29) is 24.5 Å². The Morgan fingerprint density at radius 3 is 2.10 bits per heavy atom. The van der Waals surface area contributed by atoms with Crippen molar-refractivity contribution in [3.05, 3.63) is 64.7 Å². The number of ether oxygens (including phenoxy) is 1. The van der Waals surface area contributed by atoms with Crippen LogP contribution in [-0.4, -0.2) is 35.4 Å². The first-order valence-electron chi connectivity index (χ1n) is 10.6. The van der Waals surface area contributed by atoms with Crippen LogP contribution in [0.5, 0.6) is 5.75 Å². The van der Waals surface area contributed by atoms with E-state index in [4.69, 9.17) is 4.74 Å². The molecule has 2 rings (SSSR count). The molecule has 1 N–H and O–H groups in total. The van der Waals surface area contributed by atoms with E-state index in [1.165, 1.54) is 0 Å². The average molecular weight is 411 g/mol. The van der Waals surface area contributed by atoms with E-state index in [9.17, 15) is 9.59 Å². The first-order valence-corrected chi connectivity index (χ1v) is 10.6. The summed E-state index contributed by atoms with van der Waals surface area (Å²) in [6.45, 7) is 12.0. The van der Waals surface area contributed by atoms with Gasteiger partial charge in [-0.05, 0) is 69.9 Å². The maximum atomic E-state index is 13.2. The molecule has 0 aliphatic carbocycles. The number of aryl methyl sites for hydroxylation is 3. The summed E-state index contributed by atoms with van der Waals surface area (Å²) in [6.07, 6.45) is 0.527. The van der Waals surface area contributed by atoms with Gasteiger partial charge in [0, 0.05) is 12.6 Å². The molecule has 0 aliphatic heterocycles. The maximum absolute atomic E-state index is 13.2. The fraction of sp³-hybridized carbons (Fsp3) is 0.440. The van der Waals surface area contributed by atoms with Crippen molar-refractivity contribution in [3.8, 4) is 5.75 Å². The van der Waals surface area contributed by atoms with Gasteiger partial charge in [0.25, 0.3) is 5.91 Å². The van der Waals surface area contributed by atoms with E-state index in [1.807, 2.05) is 77.9 Å². The van der Waals surface area contributed by atoms with Crippen LogP contribution in [0.15, 0.2) is 42.5 Å². The summed E-state index contributed by atoms with van der Waals surface area (Å²) < 4.78 is 5.80. The zero-order valence-electron chi connectivity index (χ0n) is 19.0. The van der Waals surface area contributed by atoms with Crippen molar-refractivity contribution in [1.29, 1.82) is 0 Å². The minimum absolute atomic E-state index is 0.00870. The van der Waals surface area contributed by atoms with Gasteiger partial charge in [-0.15, -0.1) is 0 Å². The number of hydrogen-bond acceptors (Lipinski definition) is 3. The number of nitrogens with zero attached hydrogens (tertiary/aromatic N) is 1. The highest BCUT2D eigenvalue weighted by atomic mass is 16.5. The number of benzene rings is 2. The number of amides is 2. The molecule has 162 valence electrons. The van der Waals surface area contributed by atoms with E-state index >= 15 is 0 Å². The summed E-state index contributed by atoms with van der Waals surface area (Å²) in [5.41, 5.74) is 4.30. The summed E-state index contributed by atoms with van der Waals surface area (Å²) in [6, 6.07) is 13.3. The zero-order chi connectivity index (χ0) is 22.3. The van der Waals surface area contributed by atoms with Crippen molar-refractivity contribution < 1.29 is 14.3 Å². The van der Waals surface area contributed by atoms with Crippen LogP contribution >= 0.6 is 0 Å². The third-order valence-corrected chi connectivity index (χ3v) is 4.85. The van der Waals surface area contributed by atoms with Crippen molar-refractivity contribution in [1.82, 2.24) is 10.2 Å². The Bertz CT molecular complexity index is 839. The second kappa shape index (κ2) is 10.8. The van der Waals surface area contributed by atoms with Gasteiger partial charge in [-0.3, -0.25) is 9.59 Å². The fourth-order valence-corrected chi connectivity index (χ4v) is 3.43. The topological polar surface area (TPSA) is 58.6 Å². The smallest absolute Gasteiger partial charge is 0.261 e. The predicted octanol–water partition coefficient (Wildman–Crippen LogP) is 4.32. The lowest BCUT2D eigenvalue weighted by Gasteiger charge is -2.31. The number of carbonyl (C=O) groups excluding carboxylic acids is 2. The summed E-state index contributed by atoms with van der Waals surface area (Å²) in [7, 11) is 0. The average Bonchev–Trinajstić information content (AvgIpc) is 2.66. The number of hydrogen-bond donors (Lipinski definition) is 1. The minimum Gasteiger partial charge on any atom is -0.484 e. The van der Waals surface area contributed by atoms with Gasteiger partial charge in [0.15, 0.2) is 6.61 Å². The molecule has 5 nitrogen and oxygen atoms in total. The Labute approximate surface area is 180 Å². The van der Waals surface area contributed by atoms with Crippen LogP contribution in [0.2, 0.25) is 0 Å².